The fourth-order valence-corrected chi connectivity index (χ4v) is 3.93. The van der Waals surface area contributed by atoms with Gasteiger partial charge in [0.05, 0.1) is 13.2 Å². The fraction of sp³-hybridized carbons (Fsp3) is 0.522. The van der Waals surface area contributed by atoms with Gasteiger partial charge >= 0.3 is 0 Å². The summed E-state index contributed by atoms with van der Waals surface area (Å²) in [7, 11) is 1.65. The zero-order chi connectivity index (χ0) is 21.3. The highest BCUT2D eigenvalue weighted by molar-refractivity contribution is 5.76. The molecule has 2 aromatic rings. The minimum atomic E-state index is -0.0169. The van der Waals surface area contributed by atoms with E-state index in [1.165, 1.54) is 0 Å². The smallest absolute Gasteiger partial charge is 0.220 e. The third kappa shape index (κ3) is 6.08. The Balaban J connectivity index is 1.47. The van der Waals surface area contributed by atoms with Crippen molar-refractivity contribution in [2.24, 2.45) is 5.92 Å². The van der Waals surface area contributed by atoms with Gasteiger partial charge in [-0.2, -0.15) is 0 Å². The number of benzene rings is 1. The molecule has 1 aromatic carbocycles. The number of hydrogen-bond acceptors (Lipinski definition) is 6. The number of nitrogens with one attached hydrogen (secondary N) is 2. The summed E-state index contributed by atoms with van der Waals surface area (Å²) in [6.45, 7) is 6.84. The minimum Gasteiger partial charge on any atom is -0.497 e. The van der Waals surface area contributed by atoms with Crippen LogP contribution in [0.25, 0.3) is 0 Å². The Morgan fingerprint density at radius 3 is 2.83 bits per heavy atom. The molecule has 1 fully saturated rings. The van der Waals surface area contributed by atoms with Crippen LogP contribution in [0.2, 0.25) is 0 Å². The molecule has 3 rings (SSSR count). The second kappa shape index (κ2) is 10.8. The lowest BCUT2D eigenvalue weighted by atomic mass is 9.93. The van der Waals surface area contributed by atoms with Crippen LogP contribution in [0.5, 0.6) is 5.75 Å². The monoisotopic (exact) mass is 411 g/mol. The molecule has 2 unspecified atom stereocenters. The molecule has 0 radical (unpaired) electrons. The number of aromatic nitrogens is 2. The number of carbonyl (C=O) groups excluding carboxylic acids is 1. The normalized spacial score (nSPS) is 17.3. The van der Waals surface area contributed by atoms with Gasteiger partial charge in [-0.3, -0.25) is 4.79 Å². The van der Waals surface area contributed by atoms with E-state index >= 15 is 0 Å². The maximum absolute atomic E-state index is 12.5. The van der Waals surface area contributed by atoms with Crippen molar-refractivity contribution < 1.29 is 9.53 Å². The van der Waals surface area contributed by atoms with Crippen molar-refractivity contribution in [1.29, 1.82) is 0 Å². The van der Waals surface area contributed by atoms with E-state index in [1.54, 1.807) is 13.4 Å². The molecular formula is C23H33N5O2. The number of nitrogens with zero attached hydrogens (tertiary/aromatic N) is 3. The molecule has 2 atom stereocenters. The maximum atomic E-state index is 12.5. The number of carbonyl (C=O) groups is 1. The van der Waals surface area contributed by atoms with E-state index in [0.29, 0.717) is 12.3 Å². The Labute approximate surface area is 179 Å². The molecule has 1 aliphatic heterocycles. The van der Waals surface area contributed by atoms with Gasteiger partial charge in [0.1, 0.15) is 23.7 Å². The fourth-order valence-electron chi connectivity index (χ4n) is 3.93. The molecule has 1 aromatic heterocycles. The molecule has 0 saturated carbocycles. The van der Waals surface area contributed by atoms with E-state index in [9.17, 15) is 4.79 Å². The molecule has 1 saturated heterocycles. The first-order valence-corrected chi connectivity index (χ1v) is 10.8. The van der Waals surface area contributed by atoms with Crippen molar-refractivity contribution >= 4 is 17.5 Å². The van der Waals surface area contributed by atoms with Crippen LogP contribution in [0.1, 0.15) is 51.1 Å². The first kappa shape index (κ1) is 21.9. The lowest BCUT2D eigenvalue weighted by Gasteiger charge is -2.33. The van der Waals surface area contributed by atoms with Gasteiger partial charge in [0.2, 0.25) is 5.91 Å². The van der Waals surface area contributed by atoms with Crippen LogP contribution in [0.4, 0.5) is 11.6 Å². The van der Waals surface area contributed by atoms with Crippen LogP contribution in [0.3, 0.4) is 0 Å². The van der Waals surface area contributed by atoms with Gasteiger partial charge < -0.3 is 20.3 Å². The highest BCUT2D eigenvalue weighted by Crippen LogP contribution is 2.26. The quantitative estimate of drug-likeness (QED) is 0.654. The van der Waals surface area contributed by atoms with Crippen molar-refractivity contribution in [3.05, 3.63) is 42.2 Å². The molecule has 30 heavy (non-hydrogen) atoms. The van der Waals surface area contributed by atoms with Gasteiger partial charge in [0.15, 0.2) is 0 Å². The summed E-state index contributed by atoms with van der Waals surface area (Å²) >= 11 is 0. The maximum Gasteiger partial charge on any atom is 0.220 e. The van der Waals surface area contributed by atoms with Crippen molar-refractivity contribution in [2.45, 2.75) is 45.6 Å². The average molecular weight is 412 g/mol. The number of amides is 1. The van der Waals surface area contributed by atoms with Crippen LogP contribution in [-0.2, 0) is 4.79 Å². The summed E-state index contributed by atoms with van der Waals surface area (Å²) in [5.74, 6) is 3.24. The van der Waals surface area contributed by atoms with E-state index in [1.807, 2.05) is 37.3 Å². The number of anilines is 2. The number of ether oxygens (including phenoxy) is 1. The SMILES string of the molecule is CCNc1cc(N2CCCC(CCC(=O)NC(C)c3ccc(OC)cc3)C2)ncn1. The predicted molar refractivity (Wildman–Crippen MR) is 120 cm³/mol. The highest BCUT2D eigenvalue weighted by atomic mass is 16.5. The van der Waals surface area contributed by atoms with Crippen molar-refractivity contribution in [3.63, 3.8) is 0 Å². The van der Waals surface area contributed by atoms with E-state index in [4.69, 9.17) is 4.74 Å². The van der Waals surface area contributed by atoms with Gasteiger partial charge in [-0.05, 0) is 56.7 Å². The highest BCUT2D eigenvalue weighted by Gasteiger charge is 2.22. The largest absolute Gasteiger partial charge is 0.497 e. The molecule has 2 N–H and O–H groups in total. The summed E-state index contributed by atoms with van der Waals surface area (Å²) in [6, 6.07) is 9.82. The van der Waals surface area contributed by atoms with Crippen LogP contribution < -0.4 is 20.3 Å². The van der Waals surface area contributed by atoms with Gasteiger partial charge in [-0.15, -0.1) is 0 Å². The molecule has 162 valence electrons. The Hall–Kier alpha value is -2.83. The molecular weight excluding hydrogens is 378 g/mol. The topological polar surface area (TPSA) is 79.4 Å². The van der Waals surface area contributed by atoms with Crippen LogP contribution in [0.15, 0.2) is 36.7 Å². The minimum absolute atomic E-state index is 0.0169. The van der Waals surface area contributed by atoms with Crippen LogP contribution in [0, 0.1) is 5.92 Å². The number of piperidine rings is 1. The molecule has 1 aliphatic rings. The van der Waals surface area contributed by atoms with Gasteiger partial charge in [0.25, 0.3) is 0 Å². The second-order valence-electron chi connectivity index (χ2n) is 7.85. The third-order valence-corrected chi connectivity index (χ3v) is 5.63. The Morgan fingerprint density at radius 2 is 2.10 bits per heavy atom. The van der Waals surface area contributed by atoms with E-state index < -0.39 is 0 Å². The molecule has 0 spiro atoms. The number of methoxy groups -OCH3 is 1. The van der Waals surface area contributed by atoms with Crippen LogP contribution >= 0.6 is 0 Å². The lowest BCUT2D eigenvalue weighted by molar-refractivity contribution is -0.122. The first-order valence-electron chi connectivity index (χ1n) is 10.8. The van der Waals surface area contributed by atoms with Crippen LogP contribution in [-0.4, -0.2) is 42.6 Å². The van der Waals surface area contributed by atoms with E-state index in [-0.39, 0.29) is 11.9 Å². The Bertz CT molecular complexity index is 811. The van der Waals surface area contributed by atoms with Crippen molar-refractivity contribution in [2.75, 3.05) is 37.0 Å². The average Bonchev–Trinajstić information content (AvgIpc) is 2.78. The van der Waals surface area contributed by atoms with Gasteiger partial charge in [-0.25, -0.2) is 9.97 Å². The molecule has 0 bridgehead atoms. The number of hydrogen-bond donors (Lipinski definition) is 2. The van der Waals surface area contributed by atoms with Gasteiger partial charge in [-0.1, -0.05) is 12.1 Å². The summed E-state index contributed by atoms with van der Waals surface area (Å²) in [4.78, 5) is 23.5. The Morgan fingerprint density at radius 1 is 1.30 bits per heavy atom. The number of rotatable bonds is 9. The summed E-state index contributed by atoms with van der Waals surface area (Å²) in [5.41, 5.74) is 1.08. The summed E-state index contributed by atoms with van der Waals surface area (Å²) in [6.07, 6.45) is 5.33. The van der Waals surface area contributed by atoms with Crippen molar-refractivity contribution in [3.8, 4) is 5.75 Å². The molecule has 7 heteroatoms. The second-order valence-corrected chi connectivity index (χ2v) is 7.85. The zero-order valence-corrected chi connectivity index (χ0v) is 18.2. The Kier molecular flexibility index (Phi) is 7.88. The molecule has 1 amide bonds. The third-order valence-electron chi connectivity index (χ3n) is 5.63. The van der Waals surface area contributed by atoms with Gasteiger partial charge in [0, 0.05) is 32.1 Å². The summed E-state index contributed by atoms with van der Waals surface area (Å²) in [5, 5.41) is 6.35. The first-order chi connectivity index (χ1) is 14.6. The lowest BCUT2D eigenvalue weighted by Crippen LogP contribution is -2.36. The van der Waals surface area contributed by atoms with E-state index in [2.05, 4.69) is 32.4 Å². The molecule has 0 aliphatic carbocycles. The molecule has 2 heterocycles. The zero-order valence-electron chi connectivity index (χ0n) is 18.2. The standard InChI is InChI=1S/C23H33N5O2/c1-4-24-21-14-22(26-16-25-21)28-13-5-6-18(15-28)7-12-23(29)27-17(2)19-8-10-20(30-3)11-9-19/h8-11,14,16-18H,4-7,12-13,15H2,1-3H3,(H,27,29)(H,24,25,26). The summed E-state index contributed by atoms with van der Waals surface area (Å²) < 4.78 is 5.19. The van der Waals surface area contributed by atoms with E-state index in [0.717, 1.165) is 61.8 Å². The predicted octanol–water partition coefficient (Wildman–Crippen LogP) is 3.79. The van der Waals surface area contributed by atoms with Crippen molar-refractivity contribution in [1.82, 2.24) is 15.3 Å². The molecule has 7 nitrogen and oxygen atoms in total.